The highest BCUT2D eigenvalue weighted by Gasteiger charge is 2.38. The van der Waals surface area contributed by atoms with Crippen LogP contribution in [0.15, 0.2) is 34.1 Å². The third-order valence-electron chi connectivity index (χ3n) is 6.19. The first-order chi connectivity index (χ1) is 14.6. The fraction of sp³-hybridized carbons (Fsp3) is 0.455. The zero-order chi connectivity index (χ0) is 20.7. The highest BCUT2D eigenvalue weighted by Crippen LogP contribution is 2.38. The monoisotopic (exact) mass is 440 g/mol. The first kappa shape index (κ1) is 19.8. The fourth-order valence-electron chi connectivity index (χ4n) is 4.65. The van der Waals surface area contributed by atoms with Crippen LogP contribution < -0.4 is 10.5 Å². The Morgan fingerprint density at radius 3 is 2.60 bits per heavy atom. The third kappa shape index (κ3) is 3.46. The second-order valence-electron chi connectivity index (χ2n) is 8.12. The van der Waals surface area contributed by atoms with Crippen LogP contribution in [0.4, 0.5) is 5.82 Å². The van der Waals surface area contributed by atoms with Gasteiger partial charge in [-0.25, -0.2) is 4.98 Å². The number of rotatable bonds is 3. The predicted molar refractivity (Wildman–Crippen MR) is 125 cm³/mol. The first-order valence-electron chi connectivity index (χ1n) is 10.7. The van der Waals surface area contributed by atoms with Gasteiger partial charge in [-0.3, -0.25) is 18.9 Å². The van der Waals surface area contributed by atoms with Gasteiger partial charge in [-0.1, -0.05) is 49.3 Å². The minimum absolute atomic E-state index is 0.0677. The van der Waals surface area contributed by atoms with Crippen LogP contribution in [0.5, 0.6) is 0 Å². The van der Waals surface area contributed by atoms with E-state index in [4.69, 9.17) is 17.2 Å². The molecule has 0 bridgehead atoms. The van der Waals surface area contributed by atoms with Gasteiger partial charge in [0.1, 0.15) is 15.8 Å². The van der Waals surface area contributed by atoms with E-state index >= 15 is 0 Å². The van der Waals surface area contributed by atoms with Gasteiger partial charge in [0.15, 0.2) is 0 Å². The third-order valence-corrected chi connectivity index (χ3v) is 7.52. The van der Waals surface area contributed by atoms with Crippen LogP contribution in [0.3, 0.4) is 0 Å². The molecule has 0 N–H and O–H groups in total. The lowest BCUT2D eigenvalue weighted by molar-refractivity contribution is -0.124. The molecule has 5 rings (SSSR count). The molecule has 0 unspecified atom stereocenters. The van der Waals surface area contributed by atoms with Crippen LogP contribution in [-0.4, -0.2) is 43.6 Å². The molecular formula is C22H24N4O2S2. The maximum Gasteiger partial charge on any atom is 0.267 e. The SMILES string of the molecule is O=C1/C(=C/c2c(N3CCCC3)nc3ccccn3c2=O)SC(=S)N1C1CCCCC1. The molecule has 0 atom stereocenters. The number of anilines is 1. The summed E-state index contributed by atoms with van der Waals surface area (Å²) in [6.45, 7) is 1.75. The van der Waals surface area contributed by atoms with Gasteiger partial charge in [0.05, 0.1) is 10.5 Å². The molecule has 2 aliphatic heterocycles. The molecule has 6 nitrogen and oxygen atoms in total. The van der Waals surface area contributed by atoms with Crippen molar-refractivity contribution in [1.29, 1.82) is 0 Å². The number of fused-ring (bicyclic) bond motifs is 1. The number of carbonyl (C=O) groups excluding carboxylic acids is 1. The van der Waals surface area contributed by atoms with Crippen LogP contribution in [0.25, 0.3) is 11.7 Å². The molecule has 3 aliphatic rings. The molecule has 30 heavy (non-hydrogen) atoms. The number of thiocarbonyl (C=S) groups is 1. The maximum absolute atomic E-state index is 13.3. The van der Waals surface area contributed by atoms with Crippen molar-refractivity contribution in [3.63, 3.8) is 0 Å². The Bertz CT molecular complexity index is 1100. The summed E-state index contributed by atoms with van der Waals surface area (Å²) in [7, 11) is 0. The Morgan fingerprint density at radius 1 is 1.07 bits per heavy atom. The van der Waals surface area contributed by atoms with Gasteiger partial charge >= 0.3 is 0 Å². The Morgan fingerprint density at radius 2 is 1.83 bits per heavy atom. The quantitative estimate of drug-likeness (QED) is 0.534. The number of pyridine rings is 1. The summed E-state index contributed by atoms with van der Waals surface area (Å²) in [5, 5.41) is 0. The van der Waals surface area contributed by atoms with Crippen molar-refractivity contribution in [3.05, 3.63) is 45.2 Å². The summed E-state index contributed by atoms with van der Waals surface area (Å²) in [5.74, 6) is 0.605. The summed E-state index contributed by atoms with van der Waals surface area (Å²) in [6.07, 6.45) is 11.1. The Kier molecular flexibility index (Phi) is 5.37. The normalized spacial score (nSPS) is 22.1. The molecule has 8 heteroatoms. The molecule has 2 aromatic rings. The average Bonchev–Trinajstić information content (AvgIpc) is 3.39. The molecule has 1 saturated carbocycles. The number of amides is 1. The molecule has 0 radical (unpaired) electrons. The first-order valence-corrected chi connectivity index (χ1v) is 11.9. The molecule has 4 heterocycles. The minimum atomic E-state index is -0.148. The molecule has 0 spiro atoms. The van der Waals surface area contributed by atoms with Crippen molar-refractivity contribution in [2.24, 2.45) is 0 Å². The van der Waals surface area contributed by atoms with Crippen LogP contribution in [0.1, 0.15) is 50.5 Å². The smallest absolute Gasteiger partial charge is 0.267 e. The lowest BCUT2D eigenvalue weighted by atomic mass is 9.94. The van der Waals surface area contributed by atoms with Gasteiger partial charge in [0, 0.05) is 25.3 Å². The van der Waals surface area contributed by atoms with Crippen LogP contribution in [0, 0.1) is 0 Å². The van der Waals surface area contributed by atoms with Crippen LogP contribution >= 0.6 is 24.0 Å². The van der Waals surface area contributed by atoms with Gasteiger partial charge in [-0.05, 0) is 43.9 Å². The van der Waals surface area contributed by atoms with Crippen LogP contribution in [0.2, 0.25) is 0 Å². The summed E-state index contributed by atoms with van der Waals surface area (Å²) >= 11 is 6.87. The van der Waals surface area contributed by atoms with E-state index in [-0.39, 0.29) is 17.5 Å². The van der Waals surface area contributed by atoms with Crippen molar-refractivity contribution in [2.45, 2.75) is 51.0 Å². The highest BCUT2D eigenvalue weighted by atomic mass is 32.2. The molecule has 3 fully saturated rings. The number of carbonyl (C=O) groups is 1. The summed E-state index contributed by atoms with van der Waals surface area (Å²) in [5.41, 5.74) is 0.950. The Labute approximate surface area is 185 Å². The van der Waals surface area contributed by atoms with Crippen molar-refractivity contribution >= 4 is 51.7 Å². The molecule has 2 saturated heterocycles. The van der Waals surface area contributed by atoms with E-state index in [0.29, 0.717) is 26.3 Å². The van der Waals surface area contributed by atoms with Crippen molar-refractivity contribution < 1.29 is 4.79 Å². The number of hydrogen-bond donors (Lipinski definition) is 0. The van der Waals surface area contributed by atoms with E-state index < -0.39 is 0 Å². The summed E-state index contributed by atoms with van der Waals surface area (Å²) < 4.78 is 2.16. The average molecular weight is 441 g/mol. The second-order valence-corrected chi connectivity index (χ2v) is 9.80. The molecule has 2 aromatic heterocycles. The lowest BCUT2D eigenvalue weighted by Gasteiger charge is -2.29. The lowest BCUT2D eigenvalue weighted by Crippen LogP contribution is -2.39. The molecule has 1 amide bonds. The summed E-state index contributed by atoms with van der Waals surface area (Å²) in [6, 6.07) is 5.72. The zero-order valence-corrected chi connectivity index (χ0v) is 18.4. The summed E-state index contributed by atoms with van der Waals surface area (Å²) in [4.78, 5) is 35.8. The van der Waals surface area contributed by atoms with E-state index in [0.717, 1.165) is 51.6 Å². The predicted octanol–water partition coefficient (Wildman–Crippen LogP) is 3.83. The van der Waals surface area contributed by atoms with Crippen molar-refractivity contribution in [2.75, 3.05) is 18.0 Å². The standard InChI is InChI=1S/C22H24N4O2S2/c27-20-16(14-17-21(28)26(22(29)30-17)15-8-2-1-3-9-15)19(24-11-6-7-12-24)23-18-10-4-5-13-25(18)20/h4-5,10,13-15H,1-3,6-9,11-12H2/b17-14-. The minimum Gasteiger partial charge on any atom is -0.356 e. The van der Waals surface area contributed by atoms with Gasteiger partial charge in [0.25, 0.3) is 11.5 Å². The van der Waals surface area contributed by atoms with E-state index in [1.807, 2.05) is 18.2 Å². The number of thioether (sulfide) groups is 1. The second kappa shape index (κ2) is 8.15. The van der Waals surface area contributed by atoms with E-state index in [9.17, 15) is 9.59 Å². The number of aromatic nitrogens is 2. The number of nitrogens with zero attached hydrogens (tertiary/aromatic N) is 4. The van der Waals surface area contributed by atoms with E-state index in [1.54, 1.807) is 21.6 Å². The van der Waals surface area contributed by atoms with E-state index in [1.165, 1.54) is 18.2 Å². The van der Waals surface area contributed by atoms with E-state index in [2.05, 4.69) is 4.90 Å². The highest BCUT2D eigenvalue weighted by molar-refractivity contribution is 8.26. The molecule has 156 valence electrons. The Balaban J connectivity index is 1.58. The largest absolute Gasteiger partial charge is 0.356 e. The fourth-order valence-corrected chi connectivity index (χ4v) is 6.03. The van der Waals surface area contributed by atoms with Crippen LogP contribution in [-0.2, 0) is 4.79 Å². The topological polar surface area (TPSA) is 57.9 Å². The van der Waals surface area contributed by atoms with Crippen molar-refractivity contribution in [1.82, 2.24) is 14.3 Å². The van der Waals surface area contributed by atoms with Gasteiger partial charge in [-0.2, -0.15) is 0 Å². The van der Waals surface area contributed by atoms with Crippen molar-refractivity contribution in [3.8, 4) is 0 Å². The van der Waals surface area contributed by atoms with Gasteiger partial charge in [-0.15, -0.1) is 0 Å². The van der Waals surface area contributed by atoms with Gasteiger partial charge in [0.2, 0.25) is 0 Å². The molecular weight excluding hydrogens is 416 g/mol. The Hall–Kier alpha value is -2.19. The molecule has 0 aromatic carbocycles. The zero-order valence-electron chi connectivity index (χ0n) is 16.7. The maximum atomic E-state index is 13.3. The van der Waals surface area contributed by atoms with Gasteiger partial charge < -0.3 is 4.90 Å². The number of hydrogen-bond acceptors (Lipinski definition) is 6. The molecule has 1 aliphatic carbocycles.